The molecule has 0 aromatic heterocycles. The summed E-state index contributed by atoms with van der Waals surface area (Å²) in [5, 5.41) is 9.17. The molecule has 2 aromatic rings. The Morgan fingerprint density at radius 1 is 0.850 bits per heavy atom. The molecule has 0 saturated heterocycles. The van der Waals surface area contributed by atoms with Gasteiger partial charge in [-0.3, -0.25) is 4.79 Å². The van der Waals surface area contributed by atoms with Crippen molar-refractivity contribution in [3.8, 4) is 11.1 Å². The third kappa shape index (κ3) is 2.62. The van der Waals surface area contributed by atoms with E-state index in [1.807, 2.05) is 31.2 Å². The maximum absolute atomic E-state index is 11.6. The van der Waals surface area contributed by atoms with Gasteiger partial charge in [0.25, 0.3) is 0 Å². The number of carbonyl (C=O) groups excluding carboxylic acids is 1. The summed E-state index contributed by atoms with van der Waals surface area (Å²) >= 11 is 0. The van der Waals surface area contributed by atoms with E-state index >= 15 is 0 Å². The normalized spacial score (nSPS) is 10.3. The van der Waals surface area contributed by atoms with Crippen LogP contribution in [0.1, 0.15) is 38.8 Å². The van der Waals surface area contributed by atoms with Crippen LogP contribution in [0.3, 0.4) is 0 Å². The van der Waals surface area contributed by atoms with E-state index in [1.54, 1.807) is 19.1 Å². The van der Waals surface area contributed by atoms with Crippen LogP contribution in [0.2, 0.25) is 0 Å². The van der Waals surface area contributed by atoms with Gasteiger partial charge in [0, 0.05) is 5.56 Å². The lowest BCUT2D eigenvalue weighted by Gasteiger charge is -2.09. The van der Waals surface area contributed by atoms with Crippen molar-refractivity contribution in [1.82, 2.24) is 0 Å². The lowest BCUT2D eigenvalue weighted by molar-refractivity contribution is 0.0696. The molecule has 0 aliphatic heterocycles. The summed E-state index contributed by atoms with van der Waals surface area (Å²) in [4.78, 5) is 22.8. The van der Waals surface area contributed by atoms with Gasteiger partial charge in [-0.25, -0.2) is 4.79 Å². The summed E-state index contributed by atoms with van der Waals surface area (Å²) < 4.78 is 0. The summed E-state index contributed by atoms with van der Waals surface area (Å²) in [6.45, 7) is 5.19. The van der Waals surface area contributed by atoms with Crippen molar-refractivity contribution in [1.29, 1.82) is 0 Å². The lowest BCUT2D eigenvalue weighted by atomic mass is 9.95. The topological polar surface area (TPSA) is 54.4 Å². The SMILES string of the molecule is CC(=O)c1cc(-c2ccc(C)c(C(=O)O)c2)ccc1C. The van der Waals surface area contributed by atoms with Gasteiger partial charge < -0.3 is 5.11 Å². The summed E-state index contributed by atoms with van der Waals surface area (Å²) in [6.07, 6.45) is 0. The van der Waals surface area contributed by atoms with Crippen molar-refractivity contribution in [2.24, 2.45) is 0 Å². The van der Waals surface area contributed by atoms with E-state index in [2.05, 4.69) is 0 Å². The molecule has 20 heavy (non-hydrogen) atoms. The molecular weight excluding hydrogens is 252 g/mol. The largest absolute Gasteiger partial charge is 0.478 e. The molecule has 0 aliphatic carbocycles. The average Bonchev–Trinajstić information content (AvgIpc) is 2.39. The van der Waals surface area contributed by atoms with E-state index in [1.165, 1.54) is 6.92 Å². The molecule has 0 atom stereocenters. The standard InChI is InChI=1S/C17H16O3/c1-10-4-6-13(8-15(10)12(3)18)14-7-5-11(2)16(9-14)17(19)20/h4-9H,1-3H3,(H,19,20). The maximum atomic E-state index is 11.6. The fourth-order valence-electron chi connectivity index (χ4n) is 2.21. The number of Topliss-reactive ketones (excluding diaryl/α,β-unsaturated/α-hetero) is 1. The lowest BCUT2D eigenvalue weighted by Crippen LogP contribution is -2.00. The number of benzene rings is 2. The number of rotatable bonds is 3. The number of hydrogen-bond donors (Lipinski definition) is 1. The molecule has 0 spiro atoms. The number of carboxylic acids is 1. The second-order valence-corrected chi connectivity index (χ2v) is 4.92. The van der Waals surface area contributed by atoms with Crippen LogP contribution in [-0.4, -0.2) is 16.9 Å². The van der Waals surface area contributed by atoms with Crippen molar-refractivity contribution in [2.75, 3.05) is 0 Å². The highest BCUT2D eigenvalue weighted by Gasteiger charge is 2.11. The summed E-state index contributed by atoms with van der Waals surface area (Å²) in [5.41, 5.74) is 4.25. The van der Waals surface area contributed by atoms with Gasteiger partial charge in [0.2, 0.25) is 0 Å². The van der Waals surface area contributed by atoms with Crippen LogP contribution in [0.15, 0.2) is 36.4 Å². The van der Waals surface area contributed by atoms with E-state index in [9.17, 15) is 9.59 Å². The van der Waals surface area contributed by atoms with Gasteiger partial charge >= 0.3 is 5.97 Å². The molecular formula is C17H16O3. The van der Waals surface area contributed by atoms with Crippen molar-refractivity contribution in [2.45, 2.75) is 20.8 Å². The first kappa shape index (κ1) is 14.0. The van der Waals surface area contributed by atoms with Gasteiger partial charge in [0.1, 0.15) is 0 Å². The summed E-state index contributed by atoms with van der Waals surface area (Å²) in [6, 6.07) is 10.9. The number of carbonyl (C=O) groups is 2. The minimum Gasteiger partial charge on any atom is -0.478 e. The Morgan fingerprint density at radius 3 is 1.75 bits per heavy atom. The van der Waals surface area contributed by atoms with Crippen LogP contribution in [0.4, 0.5) is 0 Å². The number of hydrogen-bond acceptors (Lipinski definition) is 2. The molecule has 0 bridgehead atoms. The highest BCUT2D eigenvalue weighted by Crippen LogP contribution is 2.25. The average molecular weight is 268 g/mol. The number of ketones is 1. The molecule has 0 amide bonds. The monoisotopic (exact) mass is 268 g/mol. The first-order chi connectivity index (χ1) is 9.40. The zero-order valence-corrected chi connectivity index (χ0v) is 11.7. The predicted molar refractivity (Wildman–Crippen MR) is 78.3 cm³/mol. The zero-order valence-electron chi connectivity index (χ0n) is 11.7. The maximum Gasteiger partial charge on any atom is 0.335 e. The van der Waals surface area contributed by atoms with Crippen LogP contribution in [0.5, 0.6) is 0 Å². The van der Waals surface area contributed by atoms with Crippen LogP contribution < -0.4 is 0 Å². The Labute approximate surface area is 117 Å². The van der Waals surface area contributed by atoms with Gasteiger partial charge in [-0.05, 0) is 55.2 Å². The molecule has 0 unspecified atom stereocenters. The van der Waals surface area contributed by atoms with Crippen molar-refractivity contribution in [3.05, 3.63) is 58.7 Å². The van der Waals surface area contributed by atoms with E-state index in [-0.39, 0.29) is 11.3 Å². The molecule has 3 heteroatoms. The third-order valence-electron chi connectivity index (χ3n) is 3.42. The number of aryl methyl sites for hydroxylation is 2. The van der Waals surface area contributed by atoms with Crippen LogP contribution in [0, 0.1) is 13.8 Å². The molecule has 0 heterocycles. The predicted octanol–water partition coefficient (Wildman–Crippen LogP) is 3.87. The molecule has 2 aromatic carbocycles. The smallest absolute Gasteiger partial charge is 0.335 e. The van der Waals surface area contributed by atoms with Crippen molar-refractivity contribution >= 4 is 11.8 Å². The number of aromatic carboxylic acids is 1. The fourth-order valence-corrected chi connectivity index (χ4v) is 2.21. The molecule has 0 fully saturated rings. The first-order valence-corrected chi connectivity index (χ1v) is 6.36. The summed E-state index contributed by atoms with van der Waals surface area (Å²) in [7, 11) is 0. The van der Waals surface area contributed by atoms with Crippen molar-refractivity contribution < 1.29 is 14.7 Å². The molecule has 0 saturated carbocycles. The first-order valence-electron chi connectivity index (χ1n) is 6.36. The van der Waals surface area contributed by atoms with Gasteiger partial charge in [-0.2, -0.15) is 0 Å². The third-order valence-corrected chi connectivity index (χ3v) is 3.42. The van der Waals surface area contributed by atoms with Crippen LogP contribution >= 0.6 is 0 Å². The fraction of sp³-hybridized carbons (Fsp3) is 0.176. The number of carboxylic acid groups (broad SMARTS) is 1. The van der Waals surface area contributed by atoms with E-state index in [0.29, 0.717) is 5.56 Å². The zero-order chi connectivity index (χ0) is 14.9. The molecule has 102 valence electrons. The minimum absolute atomic E-state index is 0.00918. The van der Waals surface area contributed by atoms with E-state index < -0.39 is 5.97 Å². The van der Waals surface area contributed by atoms with Crippen LogP contribution in [-0.2, 0) is 0 Å². The molecule has 2 rings (SSSR count). The Bertz CT molecular complexity index is 638. The Morgan fingerprint density at radius 2 is 1.30 bits per heavy atom. The van der Waals surface area contributed by atoms with E-state index in [4.69, 9.17) is 5.11 Å². The molecule has 0 radical (unpaired) electrons. The summed E-state index contributed by atoms with van der Waals surface area (Å²) in [5.74, 6) is -0.932. The minimum atomic E-state index is -0.941. The molecule has 1 N–H and O–H groups in total. The molecule has 0 aliphatic rings. The van der Waals surface area contributed by atoms with Gasteiger partial charge in [0.05, 0.1) is 5.56 Å². The van der Waals surface area contributed by atoms with Gasteiger partial charge in [-0.1, -0.05) is 24.3 Å². The highest BCUT2D eigenvalue weighted by molar-refractivity contribution is 5.97. The Balaban J connectivity index is 2.57. The van der Waals surface area contributed by atoms with E-state index in [0.717, 1.165) is 22.3 Å². The van der Waals surface area contributed by atoms with Gasteiger partial charge in [-0.15, -0.1) is 0 Å². The van der Waals surface area contributed by atoms with Crippen LogP contribution in [0.25, 0.3) is 11.1 Å². The Hall–Kier alpha value is -2.42. The quantitative estimate of drug-likeness (QED) is 0.860. The van der Waals surface area contributed by atoms with Gasteiger partial charge in [0.15, 0.2) is 5.78 Å². The highest BCUT2D eigenvalue weighted by atomic mass is 16.4. The Kier molecular flexibility index (Phi) is 3.70. The molecule has 3 nitrogen and oxygen atoms in total. The second kappa shape index (κ2) is 5.29. The van der Waals surface area contributed by atoms with Crippen molar-refractivity contribution in [3.63, 3.8) is 0 Å². The second-order valence-electron chi connectivity index (χ2n) is 4.92.